The third-order valence-electron chi connectivity index (χ3n) is 3.55. The molecule has 1 aromatic heterocycles. The van der Waals surface area contributed by atoms with E-state index in [9.17, 15) is 0 Å². The third-order valence-corrected chi connectivity index (χ3v) is 3.55. The first-order valence-electron chi connectivity index (χ1n) is 6.77. The first-order valence-corrected chi connectivity index (χ1v) is 6.77. The van der Waals surface area contributed by atoms with Gasteiger partial charge in [0, 0.05) is 5.92 Å². The zero-order valence-electron chi connectivity index (χ0n) is 11.1. The maximum Gasteiger partial charge on any atom is 0.229 e. The molecule has 1 fully saturated rings. The van der Waals surface area contributed by atoms with E-state index in [1.807, 2.05) is 30.3 Å². The Hall–Kier alpha value is -1.68. The quantitative estimate of drug-likeness (QED) is 0.797. The monoisotopic (exact) mass is 258 g/mol. The first kappa shape index (κ1) is 12.4. The van der Waals surface area contributed by atoms with E-state index in [-0.39, 0.29) is 0 Å². The van der Waals surface area contributed by atoms with Crippen LogP contribution in [0, 0.1) is 5.92 Å². The zero-order valence-corrected chi connectivity index (χ0v) is 11.1. The SMILES string of the molecule is CC(c1nc(COCc2ccccc2)no1)C1CC1. The fourth-order valence-electron chi connectivity index (χ4n) is 2.14. The highest BCUT2D eigenvalue weighted by Gasteiger charge is 2.32. The number of nitrogens with zero attached hydrogens (tertiary/aromatic N) is 2. The molecule has 1 aromatic carbocycles. The van der Waals surface area contributed by atoms with Crippen molar-refractivity contribution in [1.82, 2.24) is 10.1 Å². The van der Waals surface area contributed by atoms with Crippen LogP contribution in [0.2, 0.25) is 0 Å². The van der Waals surface area contributed by atoms with Crippen molar-refractivity contribution in [3.05, 3.63) is 47.6 Å². The van der Waals surface area contributed by atoms with Crippen molar-refractivity contribution in [2.75, 3.05) is 0 Å². The van der Waals surface area contributed by atoms with Gasteiger partial charge >= 0.3 is 0 Å². The molecular weight excluding hydrogens is 240 g/mol. The second kappa shape index (κ2) is 5.53. The van der Waals surface area contributed by atoms with Gasteiger partial charge in [0.15, 0.2) is 5.82 Å². The van der Waals surface area contributed by atoms with Crippen LogP contribution in [0.4, 0.5) is 0 Å². The molecule has 0 bridgehead atoms. The van der Waals surface area contributed by atoms with Crippen molar-refractivity contribution in [1.29, 1.82) is 0 Å². The summed E-state index contributed by atoms with van der Waals surface area (Å²) in [5.74, 6) is 2.51. The number of hydrogen-bond donors (Lipinski definition) is 0. The lowest BCUT2D eigenvalue weighted by molar-refractivity contribution is 0.0999. The Morgan fingerprint density at radius 1 is 1.26 bits per heavy atom. The van der Waals surface area contributed by atoms with Crippen LogP contribution < -0.4 is 0 Å². The Bertz CT molecular complexity index is 520. The van der Waals surface area contributed by atoms with Gasteiger partial charge in [-0.1, -0.05) is 42.4 Å². The molecule has 0 amide bonds. The maximum atomic E-state index is 5.59. The summed E-state index contributed by atoms with van der Waals surface area (Å²) < 4.78 is 10.9. The number of ether oxygens (including phenoxy) is 1. The van der Waals surface area contributed by atoms with Gasteiger partial charge in [-0.05, 0) is 24.3 Å². The molecule has 1 atom stereocenters. The summed E-state index contributed by atoms with van der Waals surface area (Å²) in [4.78, 5) is 4.40. The van der Waals surface area contributed by atoms with Crippen LogP contribution in [0.1, 0.15) is 43.0 Å². The van der Waals surface area contributed by atoms with E-state index in [1.54, 1.807) is 0 Å². The summed E-state index contributed by atoms with van der Waals surface area (Å²) in [5.41, 5.74) is 1.15. The van der Waals surface area contributed by atoms with Crippen LogP contribution >= 0.6 is 0 Å². The second-order valence-corrected chi connectivity index (χ2v) is 5.15. The molecule has 1 aliphatic carbocycles. The predicted molar refractivity (Wildman–Crippen MR) is 70.4 cm³/mol. The van der Waals surface area contributed by atoms with Crippen LogP contribution in [-0.2, 0) is 18.0 Å². The molecule has 1 unspecified atom stereocenters. The van der Waals surface area contributed by atoms with Crippen LogP contribution in [0.15, 0.2) is 34.9 Å². The fraction of sp³-hybridized carbons (Fsp3) is 0.467. The summed E-state index contributed by atoms with van der Waals surface area (Å²) >= 11 is 0. The summed E-state index contributed by atoms with van der Waals surface area (Å²) in [7, 11) is 0. The van der Waals surface area contributed by atoms with Gasteiger partial charge in [0.2, 0.25) is 5.89 Å². The molecule has 0 radical (unpaired) electrons. The Labute approximate surface area is 112 Å². The number of rotatable bonds is 6. The van der Waals surface area contributed by atoms with E-state index in [4.69, 9.17) is 9.26 Å². The highest BCUT2D eigenvalue weighted by atomic mass is 16.5. The predicted octanol–water partition coefficient (Wildman–Crippen LogP) is 3.30. The zero-order chi connectivity index (χ0) is 13.1. The van der Waals surface area contributed by atoms with Gasteiger partial charge in [-0.2, -0.15) is 4.98 Å². The number of aromatic nitrogens is 2. The van der Waals surface area contributed by atoms with Crippen molar-refractivity contribution < 1.29 is 9.26 Å². The van der Waals surface area contributed by atoms with Gasteiger partial charge in [-0.25, -0.2) is 0 Å². The van der Waals surface area contributed by atoms with Crippen molar-refractivity contribution >= 4 is 0 Å². The van der Waals surface area contributed by atoms with Crippen molar-refractivity contribution in [2.24, 2.45) is 5.92 Å². The van der Waals surface area contributed by atoms with Crippen molar-refractivity contribution in [3.8, 4) is 0 Å². The minimum atomic E-state index is 0.385. The van der Waals surface area contributed by atoms with Crippen molar-refractivity contribution in [2.45, 2.75) is 38.9 Å². The van der Waals surface area contributed by atoms with E-state index in [0.717, 1.165) is 17.4 Å². The van der Waals surface area contributed by atoms with E-state index in [0.29, 0.717) is 25.0 Å². The largest absolute Gasteiger partial charge is 0.369 e. The van der Waals surface area contributed by atoms with Gasteiger partial charge in [-0.3, -0.25) is 0 Å². The maximum absolute atomic E-state index is 5.59. The molecule has 19 heavy (non-hydrogen) atoms. The van der Waals surface area contributed by atoms with Gasteiger partial charge in [-0.15, -0.1) is 0 Å². The minimum Gasteiger partial charge on any atom is -0.369 e. The Balaban J connectivity index is 1.50. The van der Waals surface area contributed by atoms with Crippen LogP contribution in [0.3, 0.4) is 0 Å². The Kier molecular flexibility index (Phi) is 3.60. The van der Waals surface area contributed by atoms with E-state index in [1.165, 1.54) is 12.8 Å². The topological polar surface area (TPSA) is 48.2 Å². The van der Waals surface area contributed by atoms with Crippen molar-refractivity contribution in [3.63, 3.8) is 0 Å². The second-order valence-electron chi connectivity index (χ2n) is 5.15. The number of hydrogen-bond acceptors (Lipinski definition) is 4. The first-order chi connectivity index (χ1) is 9.33. The highest BCUT2D eigenvalue weighted by molar-refractivity contribution is 5.13. The van der Waals surface area contributed by atoms with Crippen LogP contribution in [0.5, 0.6) is 0 Å². The summed E-state index contributed by atoms with van der Waals surface area (Å²) in [6.07, 6.45) is 2.56. The molecule has 1 heterocycles. The molecule has 3 rings (SSSR count). The number of benzene rings is 1. The fourth-order valence-corrected chi connectivity index (χ4v) is 2.14. The smallest absolute Gasteiger partial charge is 0.229 e. The molecule has 1 saturated carbocycles. The van der Waals surface area contributed by atoms with Gasteiger partial charge in [0.05, 0.1) is 6.61 Å². The third kappa shape index (κ3) is 3.20. The van der Waals surface area contributed by atoms with Crippen LogP contribution in [-0.4, -0.2) is 10.1 Å². The minimum absolute atomic E-state index is 0.385. The lowest BCUT2D eigenvalue weighted by Crippen LogP contribution is -1.98. The molecule has 0 saturated heterocycles. The molecule has 4 nitrogen and oxygen atoms in total. The summed E-state index contributed by atoms with van der Waals surface area (Å²) in [6.45, 7) is 3.12. The lowest BCUT2D eigenvalue weighted by atomic mass is 10.1. The van der Waals surface area contributed by atoms with Gasteiger partial charge in [0.1, 0.15) is 6.61 Å². The molecule has 1 aliphatic rings. The molecule has 4 heteroatoms. The van der Waals surface area contributed by atoms with Gasteiger partial charge in [0.25, 0.3) is 0 Å². The Morgan fingerprint density at radius 3 is 2.79 bits per heavy atom. The molecule has 0 spiro atoms. The van der Waals surface area contributed by atoms with E-state index >= 15 is 0 Å². The molecule has 100 valence electrons. The van der Waals surface area contributed by atoms with Gasteiger partial charge < -0.3 is 9.26 Å². The Morgan fingerprint density at radius 2 is 2.05 bits per heavy atom. The molecular formula is C15H18N2O2. The lowest BCUT2D eigenvalue weighted by Gasteiger charge is -2.02. The highest BCUT2D eigenvalue weighted by Crippen LogP contribution is 2.41. The van der Waals surface area contributed by atoms with Crippen LogP contribution in [0.25, 0.3) is 0 Å². The summed E-state index contributed by atoms with van der Waals surface area (Å²) in [6, 6.07) is 10.1. The van der Waals surface area contributed by atoms with E-state index < -0.39 is 0 Å². The average Bonchev–Trinajstić information content (AvgIpc) is 3.19. The molecule has 0 N–H and O–H groups in total. The normalized spacial score (nSPS) is 16.5. The average molecular weight is 258 g/mol. The summed E-state index contributed by atoms with van der Waals surface area (Å²) in [5, 5.41) is 3.97. The molecule has 0 aliphatic heterocycles. The standard InChI is InChI=1S/C15H18N2O2/c1-11(13-7-8-13)15-16-14(17-19-15)10-18-9-12-5-3-2-4-6-12/h2-6,11,13H,7-10H2,1H3. The van der Waals surface area contributed by atoms with E-state index in [2.05, 4.69) is 17.1 Å². The molecule has 2 aromatic rings.